The lowest BCUT2D eigenvalue weighted by Crippen LogP contribution is -2.52. The van der Waals surface area contributed by atoms with Gasteiger partial charge in [-0.1, -0.05) is 30.3 Å². The van der Waals surface area contributed by atoms with Gasteiger partial charge < -0.3 is 15.0 Å². The van der Waals surface area contributed by atoms with Gasteiger partial charge in [-0.2, -0.15) is 0 Å². The van der Waals surface area contributed by atoms with E-state index in [1.165, 1.54) is 16.8 Å². The molecule has 182 valence electrons. The third-order valence-corrected chi connectivity index (χ3v) is 7.82. The van der Waals surface area contributed by atoms with E-state index in [0.29, 0.717) is 30.5 Å². The number of morpholine rings is 1. The van der Waals surface area contributed by atoms with Crippen LogP contribution in [-0.4, -0.2) is 65.9 Å². The van der Waals surface area contributed by atoms with Gasteiger partial charge in [0.25, 0.3) is 5.91 Å². The third kappa shape index (κ3) is 4.21. The molecule has 3 unspecified atom stereocenters. The molecule has 0 radical (unpaired) electrons. The minimum atomic E-state index is -0.581. The van der Waals surface area contributed by atoms with Crippen molar-refractivity contribution in [2.45, 2.75) is 50.4 Å². The lowest BCUT2D eigenvalue weighted by atomic mass is 9.92. The van der Waals surface area contributed by atoms with Crippen molar-refractivity contribution >= 4 is 23.4 Å². The van der Waals surface area contributed by atoms with Crippen molar-refractivity contribution in [2.75, 3.05) is 31.6 Å². The number of benzene rings is 2. The Morgan fingerprint density at radius 1 is 1.09 bits per heavy atom. The van der Waals surface area contributed by atoms with E-state index in [0.717, 1.165) is 44.8 Å². The van der Waals surface area contributed by atoms with Crippen LogP contribution in [0.3, 0.4) is 0 Å². The molecule has 2 saturated heterocycles. The summed E-state index contributed by atoms with van der Waals surface area (Å²) in [4.78, 5) is 40.9. The monoisotopic (exact) mass is 474 g/mol. The average Bonchev–Trinajstić information content (AvgIpc) is 3.41. The second-order valence-corrected chi connectivity index (χ2v) is 9.99. The number of hydrogen-bond acceptors (Lipinski definition) is 6. The van der Waals surface area contributed by atoms with Gasteiger partial charge in [0.05, 0.1) is 13.2 Å². The van der Waals surface area contributed by atoms with Crippen LogP contribution in [0.1, 0.15) is 52.2 Å². The summed E-state index contributed by atoms with van der Waals surface area (Å²) in [5.74, 6) is -0.297. The van der Waals surface area contributed by atoms with Gasteiger partial charge >= 0.3 is 0 Å². The van der Waals surface area contributed by atoms with E-state index >= 15 is 0 Å². The topological polar surface area (TPSA) is 91.0 Å². The molecule has 2 N–H and O–H groups in total. The van der Waals surface area contributed by atoms with Crippen molar-refractivity contribution < 1.29 is 19.1 Å². The standard InChI is InChI=1S/C27H30N4O4/c32-25-8-7-24(26(33)29-25)31-15-19-11-17(5-6-22(19)27(31)34)14-30-9-10-35-16-20(30)12-18-13-28-23-4-2-1-3-21(18)23/h1-6,11,18,20,24,28H,7-10,12-16H2,(H,29,32,33). The number of para-hydroxylation sites is 1. The van der Waals surface area contributed by atoms with Gasteiger partial charge in [-0.15, -0.1) is 0 Å². The molecule has 4 heterocycles. The number of rotatable bonds is 5. The van der Waals surface area contributed by atoms with Crippen LogP contribution in [0.5, 0.6) is 0 Å². The van der Waals surface area contributed by atoms with Crippen LogP contribution in [-0.2, 0) is 27.4 Å². The summed E-state index contributed by atoms with van der Waals surface area (Å²) in [6, 6.07) is 14.3. The molecule has 8 heteroatoms. The number of carbonyl (C=O) groups excluding carboxylic acids is 3. The molecule has 2 fully saturated rings. The van der Waals surface area contributed by atoms with E-state index in [9.17, 15) is 14.4 Å². The molecule has 3 atom stereocenters. The fourth-order valence-corrected chi connectivity index (χ4v) is 5.97. The van der Waals surface area contributed by atoms with E-state index < -0.39 is 6.04 Å². The fraction of sp³-hybridized carbons (Fsp3) is 0.444. The molecule has 4 aliphatic rings. The Labute approximate surface area is 204 Å². The smallest absolute Gasteiger partial charge is 0.255 e. The summed E-state index contributed by atoms with van der Waals surface area (Å²) in [7, 11) is 0. The average molecular weight is 475 g/mol. The van der Waals surface area contributed by atoms with Gasteiger partial charge in [-0.25, -0.2) is 0 Å². The largest absolute Gasteiger partial charge is 0.384 e. The van der Waals surface area contributed by atoms with Crippen molar-refractivity contribution in [3.8, 4) is 0 Å². The molecule has 0 saturated carbocycles. The Hall–Kier alpha value is -3.23. The second kappa shape index (κ2) is 9.09. The van der Waals surface area contributed by atoms with E-state index in [1.807, 2.05) is 12.1 Å². The molecule has 3 amide bonds. The van der Waals surface area contributed by atoms with Crippen molar-refractivity contribution in [1.82, 2.24) is 15.1 Å². The molecular weight excluding hydrogens is 444 g/mol. The Morgan fingerprint density at radius 2 is 1.97 bits per heavy atom. The zero-order chi connectivity index (χ0) is 23.9. The van der Waals surface area contributed by atoms with Gasteiger partial charge in [0.2, 0.25) is 11.8 Å². The van der Waals surface area contributed by atoms with E-state index in [2.05, 4.69) is 45.9 Å². The summed E-state index contributed by atoms with van der Waals surface area (Å²) >= 11 is 0. The van der Waals surface area contributed by atoms with Gasteiger partial charge in [-0.3, -0.25) is 24.6 Å². The fourth-order valence-electron chi connectivity index (χ4n) is 5.97. The molecule has 0 bridgehead atoms. The molecular formula is C27H30N4O4. The molecule has 0 aromatic heterocycles. The highest BCUT2D eigenvalue weighted by molar-refractivity contribution is 6.05. The summed E-state index contributed by atoms with van der Waals surface area (Å²) in [5.41, 5.74) is 5.41. The summed E-state index contributed by atoms with van der Waals surface area (Å²) < 4.78 is 5.86. The number of hydrogen-bond donors (Lipinski definition) is 2. The number of amides is 3. The number of anilines is 1. The first-order valence-corrected chi connectivity index (χ1v) is 12.5. The molecule has 4 aliphatic heterocycles. The maximum Gasteiger partial charge on any atom is 0.255 e. The highest BCUT2D eigenvalue weighted by Crippen LogP contribution is 2.36. The maximum atomic E-state index is 13.0. The summed E-state index contributed by atoms with van der Waals surface area (Å²) in [6.07, 6.45) is 1.68. The lowest BCUT2D eigenvalue weighted by molar-refractivity contribution is -0.136. The van der Waals surface area contributed by atoms with Crippen molar-refractivity contribution in [3.05, 3.63) is 64.7 Å². The minimum Gasteiger partial charge on any atom is -0.384 e. The Kier molecular flexibility index (Phi) is 5.78. The van der Waals surface area contributed by atoms with Gasteiger partial charge in [0, 0.05) is 55.8 Å². The number of piperidine rings is 1. The number of nitrogens with zero attached hydrogens (tertiary/aromatic N) is 2. The number of fused-ring (bicyclic) bond motifs is 2. The van der Waals surface area contributed by atoms with E-state index in [1.54, 1.807) is 4.90 Å². The van der Waals surface area contributed by atoms with Crippen LogP contribution in [0, 0.1) is 0 Å². The number of imide groups is 1. The third-order valence-electron chi connectivity index (χ3n) is 7.82. The zero-order valence-corrected chi connectivity index (χ0v) is 19.7. The van der Waals surface area contributed by atoms with Crippen molar-refractivity contribution in [2.24, 2.45) is 0 Å². The maximum absolute atomic E-state index is 13.0. The first-order valence-electron chi connectivity index (χ1n) is 12.5. The first kappa shape index (κ1) is 22.2. The van der Waals surface area contributed by atoms with E-state index in [-0.39, 0.29) is 24.1 Å². The van der Waals surface area contributed by atoms with Crippen LogP contribution in [0.25, 0.3) is 0 Å². The number of ether oxygens (including phenoxy) is 1. The van der Waals surface area contributed by atoms with Gasteiger partial charge in [0.15, 0.2) is 0 Å². The molecule has 8 nitrogen and oxygen atoms in total. The summed E-state index contributed by atoms with van der Waals surface area (Å²) in [6.45, 7) is 4.50. The van der Waals surface area contributed by atoms with Crippen LogP contribution in [0.2, 0.25) is 0 Å². The predicted molar refractivity (Wildman–Crippen MR) is 130 cm³/mol. The van der Waals surface area contributed by atoms with Crippen LogP contribution in [0.15, 0.2) is 42.5 Å². The normalized spacial score (nSPS) is 26.3. The molecule has 2 aromatic carbocycles. The second-order valence-electron chi connectivity index (χ2n) is 9.99. The molecule has 6 rings (SSSR count). The molecule has 0 spiro atoms. The lowest BCUT2D eigenvalue weighted by Gasteiger charge is -2.37. The quantitative estimate of drug-likeness (QED) is 0.646. The zero-order valence-electron chi connectivity index (χ0n) is 19.7. The minimum absolute atomic E-state index is 0.127. The number of nitrogens with one attached hydrogen (secondary N) is 2. The molecule has 35 heavy (non-hydrogen) atoms. The van der Waals surface area contributed by atoms with Gasteiger partial charge in [0.1, 0.15) is 6.04 Å². The number of carbonyl (C=O) groups is 3. The van der Waals surface area contributed by atoms with Crippen LogP contribution >= 0.6 is 0 Å². The highest BCUT2D eigenvalue weighted by Gasteiger charge is 2.39. The highest BCUT2D eigenvalue weighted by atomic mass is 16.5. The molecule has 0 aliphatic carbocycles. The molecule has 2 aromatic rings. The Bertz CT molecular complexity index is 1180. The van der Waals surface area contributed by atoms with Crippen LogP contribution in [0.4, 0.5) is 5.69 Å². The van der Waals surface area contributed by atoms with Gasteiger partial charge in [-0.05, 0) is 41.7 Å². The van der Waals surface area contributed by atoms with Crippen LogP contribution < -0.4 is 10.6 Å². The van der Waals surface area contributed by atoms with E-state index in [4.69, 9.17) is 4.74 Å². The predicted octanol–water partition coefficient (Wildman–Crippen LogP) is 2.25. The Morgan fingerprint density at radius 3 is 2.86 bits per heavy atom. The van der Waals surface area contributed by atoms with Crippen molar-refractivity contribution in [3.63, 3.8) is 0 Å². The first-order chi connectivity index (χ1) is 17.1. The summed E-state index contributed by atoms with van der Waals surface area (Å²) in [5, 5.41) is 5.90. The SMILES string of the molecule is O=C1CCC(N2Cc3cc(CN4CCOCC4CC4CNc5ccccc54)ccc3C2=O)C(=O)N1. The Balaban J connectivity index is 1.15. The van der Waals surface area contributed by atoms with Crippen molar-refractivity contribution in [1.29, 1.82) is 0 Å².